The number of hydrogen-bond donors (Lipinski definition) is 3. The van der Waals surface area contributed by atoms with Gasteiger partial charge in [-0.25, -0.2) is 9.78 Å². The number of hydrogen-bond acceptors (Lipinski definition) is 7. The van der Waals surface area contributed by atoms with Crippen LogP contribution in [0.5, 0.6) is 0 Å². The van der Waals surface area contributed by atoms with Crippen LogP contribution in [0, 0.1) is 17.8 Å². The van der Waals surface area contributed by atoms with E-state index in [0.29, 0.717) is 47.4 Å². The van der Waals surface area contributed by atoms with E-state index in [-0.39, 0.29) is 11.9 Å². The molecule has 3 atom stereocenters. The predicted molar refractivity (Wildman–Crippen MR) is 132 cm³/mol. The first-order chi connectivity index (χ1) is 16.9. The number of aromatic nitrogens is 1. The number of nitrogens with zero attached hydrogens (tertiary/aromatic N) is 2. The number of thioether (sulfide) groups is 1. The molecule has 1 aromatic heterocycles. The average molecular weight is 502 g/mol. The van der Waals surface area contributed by atoms with Crippen LogP contribution in [0.4, 0.5) is 10.6 Å². The van der Waals surface area contributed by atoms with E-state index in [2.05, 4.69) is 5.32 Å². The lowest BCUT2D eigenvalue weighted by Crippen LogP contribution is -2.61. The molecule has 3 N–H and O–H groups in total. The van der Waals surface area contributed by atoms with Crippen LogP contribution in [0.3, 0.4) is 0 Å². The largest absolute Gasteiger partial charge is 0.507 e. The second-order valence-electron chi connectivity index (χ2n) is 11.4. The van der Waals surface area contributed by atoms with Gasteiger partial charge in [0.2, 0.25) is 0 Å². The van der Waals surface area contributed by atoms with Crippen molar-refractivity contribution < 1.29 is 24.5 Å². The van der Waals surface area contributed by atoms with Crippen LogP contribution in [-0.2, 0) is 4.74 Å². The van der Waals surface area contributed by atoms with E-state index in [1.165, 1.54) is 12.8 Å². The summed E-state index contributed by atoms with van der Waals surface area (Å²) in [5, 5.41) is 24.6. The number of anilines is 1. The van der Waals surface area contributed by atoms with Gasteiger partial charge in [-0.3, -0.25) is 4.79 Å². The third-order valence-corrected chi connectivity index (χ3v) is 10.3. The smallest absolute Gasteiger partial charge is 0.450 e. The van der Waals surface area contributed by atoms with Crippen molar-refractivity contribution in [2.24, 2.45) is 17.8 Å². The maximum Gasteiger partial charge on any atom is 0.507 e. The molecular formula is C26H35N3O5S. The topological polar surface area (TPSA) is 112 Å². The third-order valence-electron chi connectivity index (χ3n) is 8.94. The summed E-state index contributed by atoms with van der Waals surface area (Å²) in [6.07, 6.45) is 9.04. The summed E-state index contributed by atoms with van der Waals surface area (Å²) >= 11 is 1.69. The lowest BCUT2D eigenvalue weighted by Gasteiger charge is -2.58. The second kappa shape index (κ2) is 9.14. The Hall–Kier alpha value is -2.00. The van der Waals surface area contributed by atoms with Crippen LogP contribution in [0.15, 0.2) is 17.2 Å². The van der Waals surface area contributed by atoms with Crippen molar-refractivity contribution in [3.63, 3.8) is 0 Å². The molecule has 7 rings (SSSR count). The number of carbonyl (C=O) groups excluding carboxylic acids is 1. The lowest BCUT2D eigenvalue weighted by molar-refractivity contribution is -0.136. The summed E-state index contributed by atoms with van der Waals surface area (Å²) in [5.74, 6) is 1.90. The van der Waals surface area contributed by atoms with Crippen LogP contribution in [0.1, 0.15) is 81.0 Å². The maximum atomic E-state index is 13.6. The van der Waals surface area contributed by atoms with E-state index in [0.717, 1.165) is 56.4 Å². The summed E-state index contributed by atoms with van der Waals surface area (Å²) in [6.45, 7) is 0.680. The Morgan fingerprint density at radius 1 is 1.09 bits per heavy atom. The second-order valence-corrected chi connectivity index (χ2v) is 12.7. The molecule has 5 aliphatic carbocycles. The van der Waals surface area contributed by atoms with Gasteiger partial charge in [0.25, 0.3) is 5.91 Å². The molecule has 6 fully saturated rings. The Kier molecular flexibility index (Phi) is 6.11. The highest BCUT2D eigenvalue weighted by Gasteiger charge is 2.55. The first-order valence-electron chi connectivity index (χ1n) is 13.2. The molecule has 1 aliphatic heterocycles. The van der Waals surface area contributed by atoms with Gasteiger partial charge < -0.3 is 25.2 Å². The summed E-state index contributed by atoms with van der Waals surface area (Å²) in [5.41, 5.74) is 0.0856. The first kappa shape index (κ1) is 23.4. The van der Waals surface area contributed by atoms with Gasteiger partial charge in [0, 0.05) is 24.3 Å². The number of rotatable bonds is 6. The third kappa shape index (κ3) is 4.61. The first-order valence-corrected chi connectivity index (χ1v) is 14.1. The number of amides is 1. The van der Waals surface area contributed by atoms with E-state index in [1.807, 2.05) is 17.0 Å². The van der Waals surface area contributed by atoms with Gasteiger partial charge in [-0.2, -0.15) is 0 Å². The van der Waals surface area contributed by atoms with Crippen molar-refractivity contribution >= 4 is 29.6 Å². The zero-order valence-corrected chi connectivity index (χ0v) is 20.8. The van der Waals surface area contributed by atoms with Gasteiger partial charge in [0.1, 0.15) is 10.8 Å². The van der Waals surface area contributed by atoms with Gasteiger partial charge in [0.15, 0.2) is 6.23 Å². The normalized spacial score (nSPS) is 36.0. The molecule has 190 valence electrons. The van der Waals surface area contributed by atoms with Crippen LogP contribution in [0.2, 0.25) is 0 Å². The van der Waals surface area contributed by atoms with Crippen molar-refractivity contribution in [3.05, 3.63) is 17.7 Å². The summed E-state index contributed by atoms with van der Waals surface area (Å²) in [4.78, 5) is 31.6. The average Bonchev–Trinajstić information content (AvgIpc) is 3.47. The monoisotopic (exact) mass is 501 g/mol. The standard InChI is InChI=1S/C26H35N3O5S/c30-23(28-22-16-10-15-11-17(22)14-26(33,12-15)13-16)19-7-8-20(27-24(19)35-18-4-1-2-5-18)29-9-3-6-21(29)34-25(31)32/h7-8,15-18,21-22,33H,1-6,9-14H2,(H,28,30)(H,31,32)/t15?,16?,17?,21-,22?,26?/m0/s1. The highest BCUT2D eigenvalue weighted by atomic mass is 32.2. The van der Waals surface area contributed by atoms with Crippen molar-refractivity contribution in [2.75, 3.05) is 11.4 Å². The molecule has 2 unspecified atom stereocenters. The molecule has 5 saturated carbocycles. The zero-order valence-electron chi connectivity index (χ0n) is 20.0. The van der Waals surface area contributed by atoms with Crippen LogP contribution in [-0.4, -0.2) is 56.9 Å². The fourth-order valence-electron chi connectivity index (χ4n) is 7.70. The molecule has 1 saturated heterocycles. The van der Waals surface area contributed by atoms with Crippen LogP contribution in [0.25, 0.3) is 0 Å². The van der Waals surface area contributed by atoms with Crippen molar-refractivity contribution in [1.29, 1.82) is 0 Å². The number of ether oxygens (including phenoxy) is 1. The molecule has 6 aliphatic rings. The minimum absolute atomic E-state index is 0.0752. The van der Waals surface area contributed by atoms with Crippen LogP contribution >= 0.6 is 11.8 Å². The van der Waals surface area contributed by atoms with E-state index in [9.17, 15) is 14.7 Å². The lowest BCUT2D eigenvalue weighted by atomic mass is 9.52. The van der Waals surface area contributed by atoms with Gasteiger partial charge in [-0.1, -0.05) is 12.8 Å². The highest BCUT2D eigenvalue weighted by molar-refractivity contribution is 7.99. The molecule has 9 heteroatoms. The fraction of sp³-hybridized carbons (Fsp3) is 0.731. The van der Waals surface area contributed by atoms with E-state index in [4.69, 9.17) is 14.8 Å². The van der Waals surface area contributed by atoms with Gasteiger partial charge in [0.05, 0.1) is 11.2 Å². The predicted octanol–water partition coefficient (Wildman–Crippen LogP) is 4.41. The Labute approximate surface area is 210 Å². The van der Waals surface area contributed by atoms with E-state index >= 15 is 0 Å². The summed E-state index contributed by atoms with van der Waals surface area (Å²) in [7, 11) is 0. The SMILES string of the molecule is O=C(O)O[C@H]1CCCN1c1ccc(C(=O)NC2C3CC4CC2CC(O)(C4)C3)c(SC2CCCC2)n1. The van der Waals surface area contributed by atoms with Crippen molar-refractivity contribution in [2.45, 2.75) is 98.8 Å². The molecule has 2 heterocycles. The van der Waals surface area contributed by atoms with Gasteiger partial charge >= 0.3 is 6.16 Å². The summed E-state index contributed by atoms with van der Waals surface area (Å²) < 4.78 is 5.09. The Morgan fingerprint density at radius 3 is 2.51 bits per heavy atom. The molecule has 35 heavy (non-hydrogen) atoms. The minimum atomic E-state index is -1.28. The maximum absolute atomic E-state index is 13.6. The number of nitrogens with one attached hydrogen (secondary N) is 1. The number of carboxylic acid groups (broad SMARTS) is 1. The number of pyridine rings is 1. The Bertz CT molecular complexity index is 983. The van der Waals surface area contributed by atoms with Crippen molar-refractivity contribution in [3.8, 4) is 0 Å². The van der Waals surface area contributed by atoms with E-state index in [1.54, 1.807) is 11.8 Å². The van der Waals surface area contributed by atoms with E-state index < -0.39 is 18.0 Å². The molecule has 1 amide bonds. The number of carbonyl (C=O) groups is 2. The number of aliphatic hydroxyl groups is 1. The fourth-order valence-corrected chi connectivity index (χ4v) is 9.02. The molecule has 1 aromatic rings. The Morgan fingerprint density at radius 2 is 1.83 bits per heavy atom. The van der Waals surface area contributed by atoms with Crippen molar-refractivity contribution in [1.82, 2.24) is 10.3 Å². The molecule has 0 aromatic carbocycles. The Balaban J connectivity index is 1.24. The highest BCUT2D eigenvalue weighted by Crippen LogP contribution is 2.55. The molecular weight excluding hydrogens is 466 g/mol. The molecule has 8 nitrogen and oxygen atoms in total. The minimum Gasteiger partial charge on any atom is -0.450 e. The van der Waals surface area contributed by atoms with Gasteiger partial charge in [-0.05, 0) is 81.3 Å². The quantitative estimate of drug-likeness (QED) is 0.492. The summed E-state index contributed by atoms with van der Waals surface area (Å²) in [6, 6.07) is 3.81. The molecule has 0 radical (unpaired) electrons. The molecule has 4 bridgehead atoms. The zero-order chi connectivity index (χ0) is 24.2. The van der Waals surface area contributed by atoms with Gasteiger partial charge in [-0.15, -0.1) is 11.8 Å². The van der Waals surface area contributed by atoms with Crippen LogP contribution < -0.4 is 10.2 Å². The molecule has 0 spiro atoms.